The SMILES string of the molecule is CCOC(=O)c1ccn(-c2cccc(NC(=O)CCc3c(C)nn(CCC#N)c3C)c2)n1. The van der Waals surface area contributed by atoms with Crippen LogP contribution in [0.4, 0.5) is 5.69 Å². The monoisotopic (exact) mass is 434 g/mol. The second kappa shape index (κ2) is 10.4. The number of nitrogens with one attached hydrogen (secondary N) is 1. The van der Waals surface area contributed by atoms with E-state index in [1.807, 2.05) is 30.7 Å². The van der Waals surface area contributed by atoms with Gasteiger partial charge >= 0.3 is 5.97 Å². The topological polar surface area (TPSA) is 115 Å². The van der Waals surface area contributed by atoms with Crippen molar-refractivity contribution < 1.29 is 14.3 Å². The van der Waals surface area contributed by atoms with Crippen LogP contribution in [0, 0.1) is 25.2 Å². The molecule has 0 saturated carbocycles. The third kappa shape index (κ3) is 5.40. The predicted molar refractivity (Wildman–Crippen MR) is 118 cm³/mol. The molecule has 0 unspecified atom stereocenters. The first kappa shape index (κ1) is 22.7. The van der Waals surface area contributed by atoms with Crippen molar-refractivity contribution in [1.82, 2.24) is 19.6 Å². The number of aromatic nitrogens is 4. The highest BCUT2D eigenvalue weighted by Crippen LogP contribution is 2.18. The number of hydrogen-bond donors (Lipinski definition) is 1. The van der Waals surface area contributed by atoms with Gasteiger partial charge in [-0.15, -0.1) is 0 Å². The van der Waals surface area contributed by atoms with Crippen molar-refractivity contribution in [3.05, 3.63) is 59.2 Å². The number of ether oxygens (including phenoxy) is 1. The van der Waals surface area contributed by atoms with Crippen LogP contribution in [0.1, 0.15) is 47.2 Å². The zero-order chi connectivity index (χ0) is 23.1. The minimum atomic E-state index is -0.475. The number of rotatable bonds is 9. The number of nitriles is 1. The van der Waals surface area contributed by atoms with E-state index >= 15 is 0 Å². The molecule has 0 aliphatic rings. The van der Waals surface area contributed by atoms with Gasteiger partial charge in [0.15, 0.2) is 5.69 Å². The van der Waals surface area contributed by atoms with Gasteiger partial charge in [0.1, 0.15) is 0 Å². The predicted octanol–water partition coefficient (Wildman–Crippen LogP) is 3.35. The average molecular weight is 435 g/mol. The van der Waals surface area contributed by atoms with E-state index in [0.29, 0.717) is 37.2 Å². The highest BCUT2D eigenvalue weighted by Gasteiger charge is 2.14. The fourth-order valence-corrected chi connectivity index (χ4v) is 3.44. The third-order valence-electron chi connectivity index (χ3n) is 5.04. The molecule has 0 aliphatic carbocycles. The Morgan fingerprint density at radius 1 is 1.22 bits per heavy atom. The van der Waals surface area contributed by atoms with Crippen molar-refractivity contribution in [2.75, 3.05) is 11.9 Å². The Balaban J connectivity index is 1.63. The number of anilines is 1. The molecule has 0 bridgehead atoms. The summed E-state index contributed by atoms with van der Waals surface area (Å²) >= 11 is 0. The molecule has 9 heteroatoms. The van der Waals surface area contributed by atoms with E-state index in [1.165, 1.54) is 0 Å². The minimum absolute atomic E-state index is 0.113. The summed E-state index contributed by atoms with van der Waals surface area (Å²) in [5.41, 5.74) is 4.48. The standard InChI is InChI=1S/C23H26N6O3/c1-4-32-23(31)21-11-14-29(27-21)19-8-5-7-18(15-19)25-22(30)10-9-20-16(2)26-28(17(20)3)13-6-12-24/h5,7-8,11,14-15H,4,6,9-10,13H2,1-3H3,(H,25,30). The molecule has 2 aromatic heterocycles. The van der Waals surface area contributed by atoms with Crippen LogP contribution in [-0.2, 0) is 22.5 Å². The fraction of sp³-hybridized carbons (Fsp3) is 0.348. The highest BCUT2D eigenvalue weighted by molar-refractivity contribution is 5.91. The molecule has 3 rings (SSSR count). The van der Waals surface area contributed by atoms with Gasteiger partial charge in [-0.3, -0.25) is 9.48 Å². The molecular weight excluding hydrogens is 408 g/mol. The van der Waals surface area contributed by atoms with Crippen LogP contribution in [0.2, 0.25) is 0 Å². The van der Waals surface area contributed by atoms with Crippen LogP contribution >= 0.6 is 0 Å². The first-order valence-corrected chi connectivity index (χ1v) is 10.5. The molecule has 0 aliphatic heterocycles. The smallest absolute Gasteiger partial charge is 0.358 e. The van der Waals surface area contributed by atoms with Gasteiger partial charge in [0.05, 0.1) is 37.0 Å². The molecule has 0 spiro atoms. The highest BCUT2D eigenvalue weighted by atomic mass is 16.5. The molecule has 1 aromatic carbocycles. The van der Waals surface area contributed by atoms with Crippen LogP contribution in [0.15, 0.2) is 36.5 Å². The number of carbonyl (C=O) groups is 2. The minimum Gasteiger partial charge on any atom is -0.461 e. The number of benzene rings is 1. The summed E-state index contributed by atoms with van der Waals surface area (Å²) in [5.74, 6) is -0.587. The molecule has 9 nitrogen and oxygen atoms in total. The van der Waals surface area contributed by atoms with Crippen LogP contribution in [0.5, 0.6) is 0 Å². The molecular formula is C23H26N6O3. The number of aryl methyl sites for hydroxylation is 2. The number of nitrogens with zero attached hydrogens (tertiary/aromatic N) is 5. The lowest BCUT2D eigenvalue weighted by molar-refractivity contribution is -0.116. The first-order chi connectivity index (χ1) is 15.4. The molecule has 1 N–H and O–H groups in total. The van der Waals surface area contributed by atoms with E-state index in [2.05, 4.69) is 21.6 Å². The maximum absolute atomic E-state index is 12.5. The Morgan fingerprint density at radius 2 is 2.03 bits per heavy atom. The van der Waals surface area contributed by atoms with Crippen molar-refractivity contribution in [3.63, 3.8) is 0 Å². The van der Waals surface area contributed by atoms with Gasteiger partial charge in [0, 0.05) is 24.0 Å². The van der Waals surface area contributed by atoms with Crippen molar-refractivity contribution in [2.24, 2.45) is 0 Å². The maximum atomic E-state index is 12.5. The number of hydrogen-bond acceptors (Lipinski definition) is 6. The summed E-state index contributed by atoms with van der Waals surface area (Å²) in [5, 5.41) is 20.4. The summed E-state index contributed by atoms with van der Waals surface area (Å²) in [6, 6.07) is 10.9. The summed E-state index contributed by atoms with van der Waals surface area (Å²) in [4.78, 5) is 24.4. The zero-order valence-corrected chi connectivity index (χ0v) is 18.5. The van der Waals surface area contributed by atoms with Crippen molar-refractivity contribution in [2.45, 2.75) is 46.6 Å². The van der Waals surface area contributed by atoms with Gasteiger partial charge in [0.2, 0.25) is 5.91 Å². The van der Waals surface area contributed by atoms with E-state index in [9.17, 15) is 9.59 Å². The molecule has 32 heavy (non-hydrogen) atoms. The van der Waals surface area contributed by atoms with Gasteiger partial charge < -0.3 is 10.1 Å². The van der Waals surface area contributed by atoms with Gasteiger partial charge in [0.25, 0.3) is 0 Å². The Kier molecular flexibility index (Phi) is 7.39. The third-order valence-corrected chi connectivity index (χ3v) is 5.04. The zero-order valence-electron chi connectivity index (χ0n) is 18.5. The molecule has 1 amide bonds. The van der Waals surface area contributed by atoms with Crippen molar-refractivity contribution in [1.29, 1.82) is 5.26 Å². The maximum Gasteiger partial charge on any atom is 0.358 e. The molecule has 0 fully saturated rings. The van der Waals surface area contributed by atoms with Gasteiger partial charge in [-0.05, 0) is 57.0 Å². The van der Waals surface area contributed by atoms with Gasteiger partial charge in [-0.25, -0.2) is 9.48 Å². The quantitative estimate of drug-likeness (QED) is 0.517. The van der Waals surface area contributed by atoms with Crippen LogP contribution in [0.3, 0.4) is 0 Å². The Labute approximate surface area is 186 Å². The second-order valence-corrected chi connectivity index (χ2v) is 7.25. The molecule has 0 atom stereocenters. The van der Waals surface area contributed by atoms with E-state index in [-0.39, 0.29) is 18.2 Å². The fourth-order valence-electron chi connectivity index (χ4n) is 3.44. The second-order valence-electron chi connectivity index (χ2n) is 7.25. The Hall–Kier alpha value is -3.93. The lowest BCUT2D eigenvalue weighted by Crippen LogP contribution is -2.13. The largest absolute Gasteiger partial charge is 0.461 e. The molecule has 3 aromatic rings. The summed E-state index contributed by atoms with van der Waals surface area (Å²) in [6.07, 6.45) is 2.95. The lowest BCUT2D eigenvalue weighted by atomic mass is 10.1. The molecule has 166 valence electrons. The Bertz CT molecular complexity index is 1150. The van der Waals surface area contributed by atoms with E-state index < -0.39 is 5.97 Å². The number of carbonyl (C=O) groups excluding carboxylic acids is 2. The van der Waals surface area contributed by atoms with E-state index in [1.54, 1.807) is 36.0 Å². The van der Waals surface area contributed by atoms with Crippen LogP contribution in [0.25, 0.3) is 5.69 Å². The molecule has 2 heterocycles. The lowest BCUT2D eigenvalue weighted by Gasteiger charge is -2.08. The normalized spacial score (nSPS) is 10.6. The summed E-state index contributed by atoms with van der Waals surface area (Å²) in [7, 11) is 0. The van der Waals surface area contributed by atoms with Crippen LogP contribution in [-0.4, -0.2) is 38.0 Å². The van der Waals surface area contributed by atoms with Crippen molar-refractivity contribution >= 4 is 17.6 Å². The van der Waals surface area contributed by atoms with E-state index in [0.717, 1.165) is 17.0 Å². The van der Waals surface area contributed by atoms with Gasteiger partial charge in [-0.1, -0.05) is 6.07 Å². The number of esters is 1. The summed E-state index contributed by atoms with van der Waals surface area (Å²) < 4.78 is 8.35. The van der Waals surface area contributed by atoms with Gasteiger partial charge in [-0.2, -0.15) is 15.5 Å². The average Bonchev–Trinajstić information content (AvgIpc) is 3.36. The number of amides is 1. The Morgan fingerprint density at radius 3 is 2.78 bits per heavy atom. The van der Waals surface area contributed by atoms with Crippen LogP contribution < -0.4 is 5.32 Å². The van der Waals surface area contributed by atoms with Crippen molar-refractivity contribution in [3.8, 4) is 11.8 Å². The molecule has 0 saturated heterocycles. The first-order valence-electron chi connectivity index (χ1n) is 10.5. The summed E-state index contributed by atoms with van der Waals surface area (Å²) in [6.45, 7) is 6.45. The van der Waals surface area contributed by atoms with E-state index in [4.69, 9.17) is 10.00 Å². The molecule has 0 radical (unpaired) electrons.